The van der Waals surface area contributed by atoms with Crippen LogP contribution in [0.3, 0.4) is 0 Å². The van der Waals surface area contributed by atoms with Crippen LogP contribution in [0.15, 0.2) is 59.5 Å². The van der Waals surface area contributed by atoms with E-state index in [9.17, 15) is 4.79 Å². The molecule has 0 spiro atoms. The van der Waals surface area contributed by atoms with Crippen molar-refractivity contribution in [3.05, 3.63) is 60.2 Å². The van der Waals surface area contributed by atoms with Crippen molar-refractivity contribution in [3.8, 4) is 0 Å². The van der Waals surface area contributed by atoms with E-state index in [1.54, 1.807) is 6.07 Å². The number of nitrogens with one attached hydrogen (secondary N) is 1. The molecule has 19 heavy (non-hydrogen) atoms. The summed E-state index contributed by atoms with van der Waals surface area (Å²) in [6, 6.07) is 17.0. The average molecular weight is 273 g/mol. The number of amides is 1. The summed E-state index contributed by atoms with van der Waals surface area (Å²) < 4.78 is 0. The van der Waals surface area contributed by atoms with Crippen molar-refractivity contribution >= 4 is 23.4 Å². The molecule has 0 heterocycles. The van der Waals surface area contributed by atoms with Gasteiger partial charge in [0.25, 0.3) is 0 Å². The summed E-state index contributed by atoms with van der Waals surface area (Å²) >= 11 is 1.50. The summed E-state index contributed by atoms with van der Waals surface area (Å²) in [7, 11) is 0. The van der Waals surface area contributed by atoms with Crippen LogP contribution >= 0.6 is 11.8 Å². The Balaban J connectivity index is 1.87. The van der Waals surface area contributed by atoms with Crippen LogP contribution in [0.4, 0.5) is 5.69 Å². The second-order valence-electron chi connectivity index (χ2n) is 4.01. The topological polar surface area (TPSA) is 49.3 Å². The molecule has 0 saturated carbocycles. The molecule has 3 nitrogen and oxygen atoms in total. The fourth-order valence-electron chi connectivity index (χ4n) is 1.61. The molecule has 4 heteroatoms. The molecular weight excluding hydrogens is 258 g/mol. The van der Waals surface area contributed by atoms with Gasteiger partial charge in [-0.3, -0.25) is 4.79 Å². The molecular formula is C15H15NO2S. The maximum absolute atomic E-state index is 11.8. The number of anilines is 1. The standard InChI is InChI=1S/C15H15NO2S/c17-10-12-5-4-6-13(9-12)16-15(18)11-19-14-7-2-1-3-8-14/h1-9,17H,10-11H2,(H,16,18). The van der Waals surface area contributed by atoms with E-state index >= 15 is 0 Å². The Kier molecular flexibility index (Phi) is 5.01. The minimum absolute atomic E-state index is 0.0253. The van der Waals surface area contributed by atoms with Crippen LogP contribution in [0.1, 0.15) is 5.56 Å². The zero-order chi connectivity index (χ0) is 13.5. The number of rotatable bonds is 5. The molecule has 1 amide bonds. The predicted molar refractivity (Wildman–Crippen MR) is 78.2 cm³/mol. The molecule has 0 fully saturated rings. The maximum atomic E-state index is 11.8. The van der Waals surface area contributed by atoms with Crippen LogP contribution in [0.25, 0.3) is 0 Å². The molecule has 0 atom stereocenters. The molecule has 2 N–H and O–H groups in total. The summed E-state index contributed by atoms with van der Waals surface area (Å²) in [5.74, 6) is 0.317. The fraction of sp³-hybridized carbons (Fsp3) is 0.133. The first kappa shape index (κ1) is 13.6. The van der Waals surface area contributed by atoms with Gasteiger partial charge in [-0.05, 0) is 29.8 Å². The van der Waals surface area contributed by atoms with Gasteiger partial charge in [-0.2, -0.15) is 0 Å². The van der Waals surface area contributed by atoms with Gasteiger partial charge in [0.05, 0.1) is 12.4 Å². The number of aliphatic hydroxyl groups excluding tert-OH is 1. The lowest BCUT2D eigenvalue weighted by atomic mass is 10.2. The van der Waals surface area contributed by atoms with E-state index in [0.717, 1.165) is 10.5 Å². The third kappa shape index (κ3) is 4.43. The Morgan fingerprint density at radius 3 is 2.63 bits per heavy atom. The number of hydrogen-bond acceptors (Lipinski definition) is 3. The van der Waals surface area contributed by atoms with Crippen LogP contribution in [0, 0.1) is 0 Å². The van der Waals surface area contributed by atoms with Crippen molar-refractivity contribution in [2.45, 2.75) is 11.5 Å². The molecule has 2 rings (SSSR count). The summed E-state index contributed by atoms with van der Waals surface area (Å²) in [5, 5.41) is 11.8. The summed E-state index contributed by atoms with van der Waals surface area (Å²) in [6.45, 7) is -0.0253. The molecule has 0 aliphatic heterocycles. The molecule has 2 aromatic carbocycles. The number of carbonyl (C=O) groups excluding carboxylic acids is 1. The van der Waals surface area contributed by atoms with Crippen LogP contribution in [0.5, 0.6) is 0 Å². The van der Waals surface area contributed by atoms with Crippen LogP contribution in [-0.4, -0.2) is 16.8 Å². The van der Waals surface area contributed by atoms with E-state index in [1.807, 2.05) is 48.5 Å². The highest BCUT2D eigenvalue weighted by Gasteiger charge is 2.04. The van der Waals surface area contributed by atoms with Gasteiger partial charge >= 0.3 is 0 Å². The first-order valence-corrected chi connectivity index (χ1v) is 6.94. The normalized spacial score (nSPS) is 10.2. The maximum Gasteiger partial charge on any atom is 0.234 e. The van der Waals surface area contributed by atoms with Gasteiger partial charge in [0, 0.05) is 10.6 Å². The van der Waals surface area contributed by atoms with Gasteiger partial charge in [0.2, 0.25) is 5.91 Å². The van der Waals surface area contributed by atoms with Crippen molar-refractivity contribution in [2.24, 2.45) is 0 Å². The van der Waals surface area contributed by atoms with Crippen LogP contribution in [-0.2, 0) is 11.4 Å². The van der Waals surface area contributed by atoms with E-state index in [1.165, 1.54) is 11.8 Å². The van der Waals surface area contributed by atoms with Crippen molar-refractivity contribution in [1.82, 2.24) is 0 Å². The molecule has 0 aliphatic rings. The number of hydrogen-bond donors (Lipinski definition) is 2. The fourth-order valence-corrected chi connectivity index (χ4v) is 2.33. The number of carbonyl (C=O) groups is 1. The lowest BCUT2D eigenvalue weighted by molar-refractivity contribution is -0.113. The van der Waals surface area contributed by atoms with Gasteiger partial charge in [0.15, 0.2) is 0 Å². The highest BCUT2D eigenvalue weighted by molar-refractivity contribution is 8.00. The number of benzene rings is 2. The van der Waals surface area contributed by atoms with Crippen LogP contribution in [0.2, 0.25) is 0 Å². The van der Waals surface area contributed by atoms with E-state index in [4.69, 9.17) is 5.11 Å². The molecule has 0 unspecified atom stereocenters. The first-order chi connectivity index (χ1) is 9.28. The van der Waals surface area contributed by atoms with Gasteiger partial charge in [-0.1, -0.05) is 30.3 Å². The SMILES string of the molecule is O=C(CSc1ccccc1)Nc1cccc(CO)c1. The number of thioether (sulfide) groups is 1. The summed E-state index contributed by atoms with van der Waals surface area (Å²) in [4.78, 5) is 12.9. The van der Waals surface area contributed by atoms with Gasteiger partial charge < -0.3 is 10.4 Å². The second kappa shape index (κ2) is 6.97. The first-order valence-electron chi connectivity index (χ1n) is 5.95. The number of aliphatic hydroxyl groups is 1. The van der Waals surface area contributed by atoms with Gasteiger partial charge in [0.1, 0.15) is 0 Å². The highest BCUT2D eigenvalue weighted by Crippen LogP contribution is 2.17. The molecule has 2 aromatic rings. The zero-order valence-electron chi connectivity index (χ0n) is 10.4. The third-order valence-corrected chi connectivity index (χ3v) is 3.52. The van der Waals surface area contributed by atoms with Crippen molar-refractivity contribution in [3.63, 3.8) is 0 Å². The summed E-state index contributed by atoms with van der Waals surface area (Å²) in [5.41, 5.74) is 1.50. The van der Waals surface area contributed by atoms with Crippen molar-refractivity contribution in [2.75, 3.05) is 11.1 Å². The highest BCUT2D eigenvalue weighted by atomic mass is 32.2. The van der Waals surface area contributed by atoms with E-state index < -0.39 is 0 Å². The Hall–Kier alpha value is -1.78. The monoisotopic (exact) mass is 273 g/mol. The minimum atomic E-state index is -0.0519. The zero-order valence-corrected chi connectivity index (χ0v) is 11.2. The lowest BCUT2D eigenvalue weighted by Gasteiger charge is -2.06. The third-order valence-electron chi connectivity index (χ3n) is 2.51. The van der Waals surface area contributed by atoms with E-state index in [-0.39, 0.29) is 12.5 Å². The predicted octanol–water partition coefficient (Wildman–Crippen LogP) is 2.91. The quantitative estimate of drug-likeness (QED) is 0.824. The minimum Gasteiger partial charge on any atom is -0.392 e. The van der Waals surface area contributed by atoms with E-state index in [0.29, 0.717) is 11.4 Å². The Morgan fingerprint density at radius 1 is 1.11 bits per heavy atom. The Morgan fingerprint density at radius 2 is 1.89 bits per heavy atom. The molecule has 0 radical (unpaired) electrons. The molecule has 0 aliphatic carbocycles. The van der Waals surface area contributed by atoms with Crippen LogP contribution < -0.4 is 5.32 Å². The average Bonchev–Trinajstić information content (AvgIpc) is 2.46. The van der Waals surface area contributed by atoms with Gasteiger partial charge in [-0.15, -0.1) is 11.8 Å². The molecule has 0 saturated heterocycles. The largest absolute Gasteiger partial charge is 0.392 e. The van der Waals surface area contributed by atoms with Gasteiger partial charge in [-0.25, -0.2) is 0 Å². The van der Waals surface area contributed by atoms with E-state index in [2.05, 4.69) is 5.32 Å². The second-order valence-corrected chi connectivity index (χ2v) is 5.06. The van der Waals surface area contributed by atoms with Crippen molar-refractivity contribution < 1.29 is 9.90 Å². The Labute approximate surface area is 116 Å². The molecule has 0 aromatic heterocycles. The lowest BCUT2D eigenvalue weighted by Crippen LogP contribution is -2.14. The smallest absolute Gasteiger partial charge is 0.234 e. The van der Waals surface area contributed by atoms with Crippen molar-refractivity contribution in [1.29, 1.82) is 0 Å². The summed E-state index contributed by atoms with van der Waals surface area (Å²) in [6.07, 6.45) is 0. The molecule has 98 valence electrons. The molecule has 0 bridgehead atoms. The Bertz CT molecular complexity index is 543.